The van der Waals surface area contributed by atoms with E-state index in [1.54, 1.807) is 0 Å². The van der Waals surface area contributed by atoms with Crippen molar-refractivity contribution in [2.45, 2.75) is 19.8 Å². The lowest BCUT2D eigenvalue weighted by Gasteiger charge is -2.15. The van der Waals surface area contributed by atoms with Gasteiger partial charge in [0.25, 0.3) is 0 Å². The molecule has 0 spiro atoms. The molecule has 0 amide bonds. The molecule has 76 valence electrons. The second-order valence-electron chi connectivity index (χ2n) is 4.21. The summed E-state index contributed by atoms with van der Waals surface area (Å²) in [6.45, 7) is 2.38. The molecule has 2 rings (SSSR count). The lowest BCUT2D eigenvalue weighted by Crippen LogP contribution is -2.15. The van der Waals surface area contributed by atoms with E-state index in [4.69, 9.17) is 16.7 Å². The molecule has 0 aromatic heterocycles. The van der Waals surface area contributed by atoms with Crippen LogP contribution in [0.3, 0.4) is 0 Å². The summed E-state index contributed by atoms with van der Waals surface area (Å²) in [5, 5.41) is 9.99. The Labute approximate surface area is 89.7 Å². The van der Waals surface area contributed by atoms with Gasteiger partial charge in [0.1, 0.15) is 0 Å². The summed E-state index contributed by atoms with van der Waals surface area (Å²) in [6, 6.07) is 6.10. The third kappa shape index (κ3) is 1.67. The third-order valence-electron chi connectivity index (χ3n) is 3.26. The van der Waals surface area contributed by atoms with Crippen molar-refractivity contribution in [3.05, 3.63) is 34.3 Å². The summed E-state index contributed by atoms with van der Waals surface area (Å²) in [4.78, 5) is 0. The lowest BCUT2D eigenvalue weighted by atomic mass is 9.92. The standard InChI is InChI=1S/C12H15ClO/c1-8(7-14)10-5-9-3-2-4-12(13)11(9)6-10/h2-4,8,10,14H,5-7H2,1H3. The SMILES string of the molecule is CC(CO)C1Cc2cccc(Cl)c2C1. The van der Waals surface area contributed by atoms with Gasteiger partial charge in [0.05, 0.1) is 0 Å². The van der Waals surface area contributed by atoms with Crippen molar-refractivity contribution in [1.29, 1.82) is 0 Å². The maximum Gasteiger partial charge on any atom is 0.0459 e. The molecule has 0 saturated carbocycles. The van der Waals surface area contributed by atoms with Crippen LogP contribution in [-0.4, -0.2) is 11.7 Å². The van der Waals surface area contributed by atoms with Crippen LogP contribution in [0.15, 0.2) is 18.2 Å². The van der Waals surface area contributed by atoms with Crippen molar-refractivity contribution in [1.82, 2.24) is 0 Å². The maximum atomic E-state index is 9.11. The number of benzene rings is 1. The normalized spacial score (nSPS) is 22.1. The zero-order valence-corrected chi connectivity index (χ0v) is 9.09. The molecule has 1 aromatic rings. The van der Waals surface area contributed by atoms with Crippen LogP contribution < -0.4 is 0 Å². The number of hydrogen-bond acceptors (Lipinski definition) is 1. The molecule has 0 saturated heterocycles. The van der Waals surface area contributed by atoms with Crippen molar-refractivity contribution in [3.8, 4) is 0 Å². The second kappa shape index (κ2) is 3.92. The summed E-state index contributed by atoms with van der Waals surface area (Å²) in [7, 11) is 0. The van der Waals surface area contributed by atoms with Gasteiger partial charge in [0.15, 0.2) is 0 Å². The smallest absolute Gasteiger partial charge is 0.0459 e. The fraction of sp³-hybridized carbons (Fsp3) is 0.500. The Morgan fingerprint density at radius 2 is 2.29 bits per heavy atom. The van der Waals surface area contributed by atoms with Crippen LogP contribution in [0, 0.1) is 11.8 Å². The van der Waals surface area contributed by atoms with Gasteiger partial charge < -0.3 is 5.11 Å². The van der Waals surface area contributed by atoms with Crippen LogP contribution in [0.5, 0.6) is 0 Å². The fourth-order valence-corrected chi connectivity index (χ4v) is 2.46. The predicted molar refractivity (Wildman–Crippen MR) is 58.6 cm³/mol. The van der Waals surface area contributed by atoms with E-state index < -0.39 is 0 Å². The Hall–Kier alpha value is -0.530. The molecular formula is C12H15ClO. The molecular weight excluding hydrogens is 196 g/mol. The summed E-state index contributed by atoms with van der Waals surface area (Å²) in [6.07, 6.45) is 2.09. The summed E-state index contributed by atoms with van der Waals surface area (Å²) >= 11 is 6.12. The number of fused-ring (bicyclic) bond motifs is 1. The van der Waals surface area contributed by atoms with Crippen LogP contribution in [0.4, 0.5) is 0 Å². The van der Waals surface area contributed by atoms with E-state index in [0.717, 1.165) is 17.9 Å². The molecule has 1 aromatic carbocycles. The number of rotatable bonds is 2. The highest BCUT2D eigenvalue weighted by Crippen LogP contribution is 2.35. The van der Waals surface area contributed by atoms with Gasteiger partial charge in [-0.1, -0.05) is 30.7 Å². The Morgan fingerprint density at radius 3 is 2.93 bits per heavy atom. The molecule has 1 N–H and O–H groups in total. The van der Waals surface area contributed by atoms with Crippen molar-refractivity contribution in [2.75, 3.05) is 6.61 Å². The number of hydrogen-bond donors (Lipinski definition) is 1. The van der Waals surface area contributed by atoms with Crippen LogP contribution in [0.2, 0.25) is 5.02 Å². The van der Waals surface area contributed by atoms with Crippen molar-refractivity contribution in [3.63, 3.8) is 0 Å². The molecule has 0 fully saturated rings. The van der Waals surface area contributed by atoms with Crippen molar-refractivity contribution < 1.29 is 5.11 Å². The van der Waals surface area contributed by atoms with Crippen molar-refractivity contribution >= 4 is 11.6 Å². The van der Waals surface area contributed by atoms with E-state index in [1.807, 2.05) is 12.1 Å². The highest BCUT2D eigenvalue weighted by Gasteiger charge is 2.26. The molecule has 1 nitrogen and oxygen atoms in total. The largest absolute Gasteiger partial charge is 0.396 e. The minimum atomic E-state index is 0.274. The third-order valence-corrected chi connectivity index (χ3v) is 3.61. The van der Waals surface area contributed by atoms with Gasteiger partial charge in [0, 0.05) is 11.6 Å². The first-order valence-corrected chi connectivity index (χ1v) is 5.47. The summed E-state index contributed by atoms with van der Waals surface area (Å²) < 4.78 is 0. The molecule has 14 heavy (non-hydrogen) atoms. The first kappa shape index (κ1) is 10.0. The van der Waals surface area contributed by atoms with Gasteiger partial charge in [-0.15, -0.1) is 0 Å². The summed E-state index contributed by atoms with van der Waals surface area (Å²) in [5.41, 5.74) is 2.65. The van der Waals surface area contributed by atoms with Gasteiger partial charge in [-0.25, -0.2) is 0 Å². The number of aliphatic hydroxyl groups excluding tert-OH is 1. The van der Waals surface area contributed by atoms with Gasteiger partial charge in [-0.3, -0.25) is 0 Å². The van der Waals surface area contributed by atoms with Crippen LogP contribution in [0.1, 0.15) is 18.1 Å². The average Bonchev–Trinajstić information content (AvgIpc) is 2.62. The first-order chi connectivity index (χ1) is 6.72. The van der Waals surface area contributed by atoms with E-state index >= 15 is 0 Å². The molecule has 0 heterocycles. The zero-order chi connectivity index (χ0) is 10.1. The minimum absolute atomic E-state index is 0.274. The molecule has 2 unspecified atom stereocenters. The number of aliphatic hydroxyl groups is 1. The van der Waals surface area contributed by atoms with Gasteiger partial charge in [-0.05, 0) is 41.9 Å². The van der Waals surface area contributed by atoms with Gasteiger partial charge in [-0.2, -0.15) is 0 Å². The Morgan fingerprint density at radius 1 is 1.50 bits per heavy atom. The van der Waals surface area contributed by atoms with Crippen molar-refractivity contribution in [2.24, 2.45) is 11.8 Å². The van der Waals surface area contributed by atoms with Crippen LogP contribution in [0.25, 0.3) is 0 Å². The van der Waals surface area contributed by atoms with Gasteiger partial charge in [0.2, 0.25) is 0 Å². The van der Waals surface area contributed by atoms with E-state index in [0.29, 0.717) is 11.8 Å². The van der Waals surface area contributed by atoms with Crippen LogP contribution in [-0.2, 0) is 12.8 Å². The predicted octanol–water partition coefficient (Wildman–Crippen LogP) is 2.68. The first-order valence-electron chi connectivity index (χ1n) is 5.09. The Balaban J connectivity index is 2.22. The Kier molecular flexibility index (Phi) is 2.80. The molecule has 0 bridgehead atoms. The molecule has 1 aliphatic rings. The fourth-order valence-electron chi connectivity index (χ4n) is 2.19. The molecule has 1 aliphatic carbocycles. The highest BCUT2D eigenvalue weighted by molar-refractivity contribution is 6.31. The molecule has 0 aliphatic heterocycles. The van der Waals surface area contributed by atoms with Gasteiger partial charge >= 0.3 is 0 Å². The van der Waals surface area contributed by atoms with E-state index in [-0.39, 0.29) is 6.61 Å². The monoisotopic (exact) mass is 210 g/mol. The Bertz CT molecular complexity index is 335. The molecule has 0 radical (unpaired) electrons. The number of halogens is 1. The second-order valence-corrected chi connectivity index (χ2v) is 4.61. The van der Waals surface area contributed by atoms with Crippen LogP contribution >= 0.6 is 11.6 Å². The average molecular weight is 211 g/mol. The maximum absolute atomic E-state index is 9.11. The quantitative estimate of drug-likeness (QED) is 0.796. The highest BCUT2D eigenvalue weighted by atomic mass is 35.5. The van der Waals surface area contributed by atoms with E-state index in [9.17, 15) is 0 Å². The summed E-state index contributed by atoms with van der Waals surface area (Å²) in [5.74, 6) is 0.938. The lowest BCUT2D eigenvalue weighted by molar-refractivity contribution is 0.192. The zero-order valence-electron chi connectivity index (χ0n) is 8.33. The minimum Gasteiger partial charge on any atom is -0.396 e. The van der Waals surface area contributed by atoms with E-state index in [2.05, 4.69) is 13.0 Å². The molecule has 2 heteroatoms. The molecule has 2 atom stereocenters. The van der Waals surface area contributed by atoms with E-state index in [1.165, 1.54) is 11.1 Å². The topological polar surface area (TPSA) is 20.2 Å².